The number of nitrogens with two attached hydrogens (primary N) is 1. The van der Waals surface area contributed by atoms with E-state index in [9.17, 15) is 5.11 Å². The number of aliphatic hydroxyl groups is 1. The highest BCUT2D eigenvalue weighted by atomic mass is 16.5. The number of nitrogens with one attached hydrogen (secondary N) is 1. The van der Waals surface area contributed by atoms with Crippen LogP contribution < -0.4 is 20.5 Å². The van der Waals surface area contributed by atoms with Gasteiger partial charge in [-0.25, -0.2) is 0 Å². The molecule has 0 radical (unpaired) electrons. The number of anilines is 1. The molecular weight excluding hydrogens is 364 g/mol. The van der Waals surface area contributed by atoms with Crippen LogP contribution in [0.25, 0.3) is 0 Å². The van der Waals surface area contributed by atoms with Crippen LogP contribution in [0.5, 0.6) is 11.5 Å². The number of benzene rings is 2. The molecule has 158 valence electrons. The highest BCUT2D eigenvalue weighted by Crippen LogP contribution is 2.37. The minimum Gasteiger partial charge on any atom is -0.493 e. The van der Waals surface area contributed by atoms with E-state index >= 15 is 0 Å². The summed E-state index contributed by atoms with van der Waals surface area (Å²) in [7, 11) is 3.33. The summed E-state index contributed by atoms with van der Waals surface area (Å²) >= 11 is 0. The molecule has 0 aromatic heterocycles. The second-order valence-electron chi connectivity index (χ2n) is 8.05. The molecule has 0 spiro atoms. The first-order valence-electron chi connectivity index (χ1n) is 10.5. The van der Waals surface area contributed by atoms with Crippen molar-refractivity contribution in [1.29, 1.82) is 0 Å². The lowest BCUT2D eigenvalue weighted by Crippen LogP contribution is -2.30. The summed E-state index contributed by atoms with van der Waals surface area (Å²) in [6.07, 6.45) is 6.08. The molecule has 29 heavy (non-hydrogen) atoms. The maximum absolute atomic E-state index is 11.1. The molecule has 0 amide bonds. The van der Waals surface area contributed by atoms with E-state index in [0.29, 0.717) is 0 Å². The normalized spacial score (nSPS) is 15.4. The minimum absolute atomic E-state index is 0.602. The highest BCUT2D eigenvalue weighted by molar-refractivity contribution is 5.48. The third kappa shape index (κ3) is 5.87. The zero-order valence-electron chi connectivity index (χ0n) is 17.7. The molecule has 1 aliphatic carbocycles. The molecule has 0 unspecified atom stereocenters. The van der Waals surface area contributed by atoms with Gasteiger partial charge in [-0.3, -0.25) is 0 Å². The smallest absolute Gasteiger partial charge is 0.161 e. The Morgan fingerprint density at radius 1 is 1.00 bits per heavy atom. The third-order valence-corrected chi connectivity index (χ3v) is 5.96. The van der Waals surface area contributed by atoms with Crippen LogP contribution in [0.3, 0.4) is 0 Å². The number of aryl methyl sites for hydroxylation is 2. The van der Waals surface area contributed by atoms with Crippen LogP contribution >= 0.6 is 0 Å². The van der Waals surface area contributed by atoms with E-state index in [2.05, 4.69) is 23.5 Å². The Bertz CT molecular complexity index is 772. The van der Waals surface area contributed by atoms with Crippen molar-refractivity contribution in [2.75, 3.05) is 33.0 Å². The van der Waals surface area contributed by atoms with Gasteiger partial charge in [0.2, 0.25) is 0 Å². The highest BCUT2D eigenvalue weighted by Gasteiger charge is 2.29. The van der Waals surface area contributed by atoms with E-state index in [4.69, 9.17) is 15.2 Å². The second-order valence-corrected chi connectivity index (χ2v) is 8.05. The van der Waals surface area contributed by atoms with Gasteiger partial charge >= 0.3 is 0 Å². The van der Waals surface area contributed by atoms with Gasteiger partial charge in [0.05, 0.1) is 19.8 Å². The summed E-state index contributed by atoms with van der Waals surface area (Å²) < 4.78 is 10.9. The number of rotatable bonds is 9. The zero-order chi connectivity index (χ0) is 20.7. The maximum atomic E-state index is 11.1. The zero-order valence-corrected chi connectivity index (χ0v) is 17.7. The fourth-order valence-electron chi connectivity index (χ4n) is 4.19. The summed E-state index contributed by atoms with van der Waals surface area (Å²) in [4.78, 5) is 0. The summed E-state index contributed by atoms with van der Waals surface area (Å²) in [5.74, 6) is 1.53. The molecule has 0 fully saturated rings. The van der Waals surface area contributed by atoms with Gasteiger partial charge in [-0.05, 0) is 99.0 Å². The lowest BCUT2D eigenvalue weighted by atomic mass is 9.89. The monoisotopic (exact) mass is 398 g/mol. The van der Waals surface area contributed by atoms with E-state index in [-0.39, 0.29) is 0 Å². The van der Waals surface area contributed by atoms with Crippen LogP contribution in [-0.4, -0.2) is 38.0 Å². The molecule has 1 aliphatic rings. The van der Waals surface area contributed by atoms with Crippen molar-refractivity contribution >= 4 is 5.69 Å². The number of hydrogen-bond acceptors (Lipinski definition) is 5. The van der Waals surface area contributed by atoms with Crippen molar-refractivity contribution in [2.45, 2.75) is 50.5 Å². The number of hydrogen-bond donors (Lipinski definition) is 3. The van der Waals surface area contributed by atoms with Gasteiger partial charge in [0.25, 0.3) is 0 Å². The molecule has 0 bridgehead atoms. The minimum atomic E-state index is -0.602. The number of ether oxygens (including phenoxy) is 2. The van der Waals surface area contributed by atoms with Crippen molar-refractivity contribution < 1.29 is 14.6 Å². The fraction of sp³-hybridized carbons (Fsp3) is 0.500. The second kappa shape index (κ2) is 9.99. The molecule has 2 aromatic carbocycles. The molecule has 3 rings (SSSR count). The molecule has 0 saturated heterocycles. The molecule has 2 aromatic rings. The molecule has 5 heteroatoms. The predicted octanol–water partition coefficient (Wildman–Crippen LogP) is 3.51. The Labute approximate surface area is 174 Å². The third-order valence-electron chi connectivity index (χ3n) is 5.96. The van der Waals surface area contributed by atoms with E-state index in [1.54, 1.807) is 14.2 Å². The van der Waals surface area contributed by atoms with E-state index < -0.39 is 5.60 Å². The number of methoxy groups -OCH3 is 2. The Morgan fingerprint density at radius 2 is 1.66 bits per heavy atom. The van der Waals surface area contributed by atoms with Crippen molar-refractivity contribution in [3.05, 3.63) is 53.1 Å². The van der Waals surface area contributed by atoms with Gasteiger partial charge in [0, 0.05) is 5.69 Å². The Hall–Kier alpha value is -2.24. The van der Waals surface area contributed by atoms with Crippen LogP contribution in [0.1, 0.15) is 42.4 Å². The van der Waals surface area contributed by atoms with Gasteiger partial charge < -0.3 is 25.6 Å². The lowest BCUT2D eigenvalue weighted by molar-refractivity contribution is 0.0155. The van der Waals surface area contributed by atoms with Crippen molar-refractivity contribution in [1.82, 2.24) is 5.32 Å². The molecule has 5 nitrogen and oxygen atoms in total. The van der Waals surface area contributed by atoms with Crippen LogP contribution in [0.4, 0.5) is 5.69 Å². The quantitative estimate of drug-likeness (QED) is 0.342. The van der Waals surface area contributed by atoms with E-state index in [0.717, 1.165) is 75.2 Å². The largest absolute Gasteiger partial charge is 0.493 e. The van der Waals surface area contributed by atoms with Gasteiger partial charge in [-0.2, -0.15) is 0 Å². The van der Waals surface area contributed by atoms with Gasteiger partial charge in [0.15, 0.2) is 11.5 Å². The number of nitrogen functional groups attached to an aromatic ring is 1. The summed E-state index contributed by atoms with van der Waals surface area (Å²) in [6, 6.07) is 12.2. The van der Waals surface area contributed by atoms with Crippen LogP contribution in [-0.2, 0) is 19.3 Å². The average molecular weight is 399 g/mol. The van der Waals surface area contributed by atoms with E-state index in [1.807, 2.05) is 18.2 Å². The van der Waals surface area contributed by atoms with Crippen LogP contribution in [0.15, 0.2) is 36.4 Å². The Kier molecular flexibility index (Phi) is 7.40. The molecule has 0 atom stereocenters. The lowest BCUT2D eigenvalue weighted by Gasteiger charge is -2.26. The molecule has 4 N–H and O–H groups in total. The van der Waals surface area contributed by atoms with Crippen molar-refractivity contribution in [2.24, 2.45) is 0 Å². The van der Waals surface area contributed by atoms with Crippen LogP contribution in [0, 0.1) is 0 Å². The van der Waals surface area contributed by atoms with E-state index in [1.165, 1.54) is 16.7 Å². The molecular formula is C24H34N2O3. The standard InChI is InChI=1S/C24H34N2O3/c1-28-22-16-19-7-11-24(27,12-8-20(19)17-23(22)29-2)10-4-13-26-14-9-18-5-3-6-21(25)15-18/h3,5-6,15-17,26-27H,4,7-14,25H2,1-2H3. The SMILES string of the molecule is COc1cc2c(cc1OC)CCC(O)(CCCNCCc1cccc(N)c1)CC2. The fourth-order valence-corrected chi connectivity index (χ4v) is 4.19. The van der Waals surface area contributed by atoms with Crippen molar-refractivity contribution in [3.8, 4) is 11.5 Å². The van der Waals surface area contributed by atoms with Gasteiger partial charge in [-0.1, -0.05) is 12.1 Å². The molecule has 0 heterocycles. The summed E-state index contributed by atoms with van der Waals surface area (Å²) in [5.41, 5.74) is 9.81. The number of fused-ring (bicyclic) bond motifs is 1. The first-order valence-corrected chi connectivity index (χ1v) is 10.5. The topological polar surface area (TPSA) is 76.7 Å². The van der Waals surface area contributed by atoms with Crippen LogP contribution in [0.2, 0.25) is 0 Å². The Morgan fingerprint density at radius 3 is 2.24 bits per heavy atom. The van der Waals surface area contributed by atoms with Gasteiger partial charge in [0.1, 0.15) is 0 Å². The summed E-state index contributed by atoms with van der Waals surface area (Å²) in [6.45, 7) is 1.84. The first-order chi connectivity index (χ1) is 14.0. The molecule has 0 aliphatic heterocycles. The predicted molar refractivity (Wildman–Crippen MR) is 118 cm³/mol. The maximum Gasteiger partial charge on any atom is 0.161 e. The first kappa shape index (κ1) is 21.5. The summed E-state index contributed by atoms with van der Waals surface area (Å²) in [5, 5.41) is 14.6. The Balaban J connectivity index is 1.44. The van der Waals surface area contributed by atoms with Crippen molar-refractivity contribution in [3.63, 3.8) is 0 Å². The van der Waals surface area contributed by atoms with Gasteiger partial charge in [-0.15, -0.1) is 0 Å². The average Bonchev–Trinajstić information content (AvgIpc) is 2.88. The molecule has 0 saturated carbocycles.